The molecule has 1 saturated carbocycles. The summed E-state index contributed by atoms with van der Waals surface area (Å²) in [5, 5.41) is 0. The zero-order valence-electron chi connectivity index (χ0n) is 12.2. The number of nitrogen functional groups attached to an aromatic ring is 1. The second-order valence-corrected chi connectivity index (χ2v) is 7.15. The first-order chi connectivity index (χ1) is 9.87. The Balaban J connectivity index is 2.21. The third-order valence-electron chi connectivity index (χ3n) is 3.69. The van der Waals surface area contributed by atoms with Crippen molar-refractivity contribution in [1.29, 1.82) is 0 Å². The highest BCUT2D eigenvalue weighted by molar-refractivity contribution is 7.89. The molecular formula is C14H21FN2O3S. The minimum Gasteiger partial charge on any atom is -0.492 e. The van der Waals surface area contributed by atoms with Crippen LogP contribution < -0.4 is 15.2 Å². The molecule has 0 bridgehead atoms. The Hall–Kier alpha value is -1.34. The molecule has 5 nitrogen and oxygen atoms in total. The molecule has 0 spiro atoms. The molecule has 7 heteroatoms. The molecular weight excluding hydrogens is 295 g/mol. The number of methoxy groups -OCH3 is 1. The van der Waals surface area contributed by atoms with Crippen molar-refractivity contribution in [3.63, 3.8) is 0 Å². The fourth-order valence-corrected chi connectivity index (χ4v) is 3.68. The van der Waals surface area contributed by atoms with E-state index in [0.717, 1.165) is 25.3 Å². The smallest absolute Gasteiger partial charge is 0.241 e. The van der Waals surface area contributed by atoms with Crippen LogP contribution in [0.25, 0.3) is 0 Å². The van der Waals surface area contributed by atoms with E-state index < -0.39 is 15.8 Å². The molecule has 0 aliphatic heterocycles. The number of rotatable bonds is 7. The maximum absolute atomic E-state index is 13.8. The van der Waals surface area contributed by atoms with Crippen molar-refractivity contribution in [2.75, 3.05) is 12.8 Å². The second kappa shape index (κ2) is 6.19. The van der Waals surface area contributed by atoms with Crippen molar-refractivity contribution in [2.24, 2.45) is 5.92 Å². The quantitative estimate of drug-likeness (QED) is 0.756. The third-order valence-corrected chi connectivity index (χ3v) is 5.19. The third kappa shape index (κ3) is 3.85. The van der Waals surface area contributed by atoms with E-state index in [4.69, 9.17) is 10.5 Å². The molecule has 1 aliphatic carbocycles. The van der Waals surface area contributed by atoms with Crippen LogP contribution in [0.4, 0.5) is 10.1 Å². The summed E-state index contributed by atoms with van der Waals surface area (Å²) < 4.78 is 45.9. The molecule has 0 radical (unpaired) electrons. The van der Waals surface area contributed by atoms with Gasteiger partial charge < -0.3 is 10.5 Å². The second-order valence-electron chi connectivity index (χ2n) is 5.43. The minimum absolute atomic E-state index is 0.0342. The fourth-order valence-electron chi connectivity index (χ4n) is 2.30. The number of sulfonamides is 1. The summed E-state index contributed by atoms with van der Waals surface area (Å²) in [6.45, 7) is 1.93. The monoisotopic (exact) mass is 316 g/mol. The average Bonchev–Trinajstić information content (AvgIpc) is 3.21. The van der Waals surface area contributed by atoms with Crippen LogP contribution >= 0.6 is 0 Å². The van der Waals surface area contributed by atoms with Crippen LogP contribution in [-0.4, -0.2) is 21.6 Å². The van der Waals surface area contributed by atoms with Crippen molar-refractivity contribution in [3.8, 4) is 5.75 Å². The molecule has 1 aromatic rings. The van der Waals surface area contributed by atoms with E-state index in [1.165, 1.54) is 13.2 Å². The molecule has 1 fully saturated rings. The maximum atomic E-state index is 13.8. The summed E-state index contributed by atoms with van der Waals surface area (Å²) in [5.41, 5.74) is 5.59. The SMILES string of the molecule is CCC(CC1CC1)NS(=O)(=O)c1cc(N)c(OC)c(F)c1. The van der Waals surface area contributed by atoms with Gasteiger partial charge in [-0.15, -0.1) is 0 Å². The van der Waals surface area contributed by atoms with Crippen molar-refractivity contribution >= 4 is 15.7 Å². The predicted octanol–water partition coefficient (Wildman–Crippen LogP) is 2.27. The molecule has 2 rings (SSSR count). The van der Waals surface area contributed by atoms with Crippen LogP contribution in [0.2, 0.25) is 0 Å². The summed E-state index contributed by atoms with van der Waals surface area (Å²) in [6, 6.07) is 2.02. The number of hydrogen-bond acceptors (Lipinski definition) is 4. The standard InChI is InChI=1S/C14H21FN2O3S/c1-3-10(6-9-4-5-9)17-21(18,19)11-7-12(15)14(20-2)13(16)8-11/h7-10,17H,3-6,16H2,1-2H3. The van der Waals surface area contributed by atoms with Crippen LogP contribution in [0.5, 0.6) is 5.75 Å². The molecule has 0 amide bonds. The number of ether oxygens (including phenoxy) is 1. The first-order valence-corrected chi connectivity index (χ1v) is 8.51. The average molecular weight is 316 g/mol. The highest BCUT2D eigenvalue weighted by Crippen LogP contribution is 2.34. The molecule has 0 heterocycles. The van der Waals surface area contributed by atoms with Gasteiger partial charge >= 0.3 is 0 Å². The van der Waals surface area contributed by atoms with E-state index in [1.54, 1.807) is 0 Å². The number of anilines is 1. The molecule has 21 heavy (non-hydrogen) atoms. The van der Waals surface area contributed by atoms with E-state index in [-0.39, 0.29) is 22.4 Å². The lowest BCUT2D eigenvalue weighted by atomic mass is 10.1. The predicted molar refractivity (Wildman–Crippen MR) is 79.1 cm³/mol. The Bertz CT molecular complexity index is 592. The minimum atomic E-state index is -3.78. The molecule has 1 aliphatic rings. The summed E-state index contributed by atoms with van der Waals surface area (Å²) in [7, 11) is -2.50. The Morgan fingerprint density at radius 1 is 1.48 bits per heavy atom. The number of nitrogens with one attached hydrogen (secondary N) is 1. The van der Waals surface area contributed by atoms with Crippen LogP contribution in [0, 0.1) is 11.7 Å². The van der Waals surface area contributed by atoms with Crippen molar-refractivity contribution < 1.29 is 17.5 Å². The molecule has 1 aromatic carbocycles. The highest BCUT2D eigenvalue weighted by atomic mass is 32.2. The van der Waals surface area contributed by atoms with Crippen molar-refractivity contribution in [3.05, 3.63) is 17.9 Å². The largest absolute Gasteiger partial charge is 0.492 e. The van der Waals surface area contributed by atoms with Gasteiger partial charge in [0.05, 0.1) is 17.7 Å². The van der Waals surface area contributed by atoms with Gasteiger partial charge in [0.15, 0.2) is 11.6 Å². The zero-order valence-corrected chi connectivity index (χ0v) is 13.0. The van der Waals surface area contributed by atoms with Gasteiger partial charge in [0, 0.05) is 6.04 Å². The summed E-state index contributed by atoms with van der Waals surface area (Å²) in [5.74, 6) is -0.317. The van der Waals surface area contributed by atoms with E-state index in [2.05, 4.69) is 4.72 Å². The molecule has 118 valence electrons. The fraction of sp³-hybridized carbons (Fsp3) is 0.571. The number of hydrogen-bond donors (Lipinski definition) is 2. The van der Waals surface area contributed by atoms with Gasteiger partial charge in [0.25, 0.3) is 0 Å². The normalized spacial score (nSPS) is 16.7. The van der Waals surface area contributed by atoms with Gasteiger partial charge in [-0.05, 0) is 30.9 Å². The van der Waals surface area contributed by atoms with E-state index in [1.807, 2.05) is 6.92 Å². The lowest BCUT2D eigenvalue weighted by Crippen LogP contribution is -2.34. The van der Waals surface area contributed by atoms with Crippen LogP contribution in [0.15, 0.2) is 17.0 Å². The summed E-state index contributed by atoms with van der Waals surface area (Å²) >= 11 is 0. The summed E-state index contributed by atoms with van der Waals surface area (Å²) in [6.07, 6.45) is 3.83. The van der Waals surface area contributed by atoms with Gasteiger partial charge in [-0.2, -0.15) is 0 Å². The van der Waals surface area contributed by atoms with Crippen molar-refractivity contribution in [2.45, 2.75) is 43.5 Å². The maximum Gasteiger partial charge on any atom is 0.241 e. The topological polar surface area (TPSA) is 81.4 Å². The highest BCUT2D eigenvalue weighted by Gasteiger charge is 2.28. The Morgan fingerprint density at radius 2 is 2.14 bits per heavy atom. The molecule has 3 N–H and O–H groups in total. The number of halogens is 1. The van der Waals surface area contributed by atoms with Crippen LogP contribution in [-0.2, 0) is 10.0 Å². The Labute approximate surface area is 124 Å². The lowest BCUT2D eigenvalue weighted by molar-refractivity contribution is 0.388. The molecule has 1 unspecified atom stereocenters. The Kier molecular flexibility index (Phi) is 4.73. The molecule has 1 atom stereocenters. The number of benzene rings is 1. The first-order valence-electron chi connectivity index (χ1n) is 7.02. The summed E-state index contributed by atoms with van der Waals surface area (Å²) in [4.78, 5) is -0.174. The van der Waals surface area contributed by atoms with E-state index in [0.29, 0.717) is 12.3 Å². The van der Waals surface area contributed by atoms with Crippen LogP contribution in [0.1, 0.15) is 32.6 Å². The van der Waals surface area contributed by atoms with Gasteiger partial charge in [-0.3, -0.25) is 0 Å². The van der Waals surface area contributed by atoms with Gasteiger partial charge in [-0.1, -0.05) is 19.8 Å². The van der Waals surface area contributed by atoms with Gasteiger partial charge in [-0.25, -0.2) is 17.5 Å². The number of nitrogens with two attached hydrogens (primary N) is 1. The Morgan fingerprint density at radius 3 is 2.62 bits per heavy atom. The van der Waals surface area contributed by atoms with E-state index >= 15 is 0 Å². The molecule has 0 aromatic heterocycles. The van der Waals surface area contributed by atoms with Crippen LogP contribution in [0.3, 0.4) is 0 Å². The van der Waals surface area contributed by atoms with Gasteiger partial charge in [0.2, 0.25) is 10.0 Å². The van der Waals surface area contributed by atoms with Crippen molar-refractivity contribution in [1.82, 2.24) is 4.72 Å². The van der Waals surface area contributed by atoms with Gasteiger partial charge in [0.1, 0.15) is 0 Å². The first kappa shape index (κ1) is 16.0. The zero-order chi connectivity index (χ0) is 15.6. The lowest BCUT2D eigenvalue weighted by Gasteiger charge is -2.17. The van der Waals surface area contributed by atoms with E-state index in [9.17, 15) is 12.8 Å². The molecule has 0 saturated heterocycles.